The average molecular weight is 611 g/mol. The first-order chi connectivity index (χ1) is 20.2. The lowest BCUT2D eigenvalue weighted by atomic mass is 9.84. The van der Waals surface area contributed by atoms with Gasteiger partial charge in [0.1, 0.15) is 0 Å². The van der Waals surface area contributed by atoms with Gasteiger partial charge in [-0.25, -0.2) is 0 Å². The quantitative estimate of drug-likeness (QED) is 0.298. The molecule has 0 saturated heterocycles. The van der Waals surface area contributed by atoms with Crippen molar-refractivity contribution in [1.29, 1.82) is 0 Å². The number of hydrogen-bond acceptors (Lipinski definition) is 0. The van der Waals surface area contributed by atoms with Crippen molar-refractivity contribution in [2.75, 3.05) is 0 Å². The van der Waals surface area contributed by atoms with Gasteiger partial charge in [0.15, 0.2) is 0 Å². The highest BCUT2D eigenvalue weighted by Gasteiger charge is 2.13. The third kappa shape index (κ3) is 49.1. The molecule has 4 fully saturated rings. The van der Waals surface area contributed by atoms with Crippen LogP contribution >= 0.6 is 0 Å². The van der Waals surface area contributed by atoms with Gasteiger partial charge in [-0.3, -0.25) is 0 Å². The minimum Gasteiger partial charge on any atom is -0.0683 e. The molecule has 0 nitrogen and oxygen atoms in total. The van der Waals surface area contributed by atoms with Gasteiger partial charge in [-0.1, -0.05) is 239 Å². The zero-order valence-corrected chi connectivity index (χ0v) is 34.1. The predicted molar refractivity (Wildman–Crippen MR) is 206 cm³/mol. The molecule has 4 rings (SSSR count). The zero-order valence-electron chi connectivity index (χ0n) is 34.1. The number of hydrogen-bond donors (Lipinski definition) is 0. The van der Waals surface area contributed by atoms with E-state index in [0.717, 1.165) is 35.5 Å². The molecule has 0 aliphatic heterocycles. The maximum atomic E-state index is 2.36. The molecule has 0 heterocycles. The van der Waals surface area contributed by atoms with E-state index in [1.54, 1.807) is 0 Å². The first kappa shape index (κ1) is 49.9. The summed E-state index contributed by atoms with van der Waals surface area (Å²) in [5.74, 6) is 6.01. The molecule has 43 heavy (non-hydrogen) atoms. The molecule has 0 aromatic carbocycles. The molecule has 0 atom stereocenters. The van der Waals surface area contributed by atoms with Crippen LogP contribution in [0.25, 0.3) is 0 Å². The minimum atomic E-state index is 0.542. The van der Waals surface area contributed by atoms with Crippen LogP contribution in [0.1, 0.15) is 239 Å². The maximum Gasteiger partial charge on any atom is -0.0385 e. The number of rotatable bonds is 3. The third-order valence-electron chi connectivity index (χ3n) is 9.27. The van der Waals surface area contributed by atoms with Crippen LogP contribution in [0.2, 0.25) is 0 Å². The predicted octanol–water partition coefficient (Wildman–Crippen LogP) is 16.7. The lowest BCUT2D eigenvalue weighted by Crippen LogP contribution is -2.08. The fourth-order valence-electron chi connectivity index (χ4n) is 4.76. The summed E-state index contributed by atoms with van der Waals surface area (Å²) in [7, 11) is 0. The Morgan fingerprint density at radius 2 is 0.721 bits per heavy atom. The van der Waals surface area contributed by atoms with Crippen molar-refractivity contribution in [2.45, 2.75) is 239 Å². The van der Waals surface area contributed by atoms with E-state index >= 15 is 0 Å². The van der Waals surface area contributed by atoms with Gasteiger partial charge in [0, 0.05) is 0 Å². The van der Waals surface area contributed by atoms with E-state index < -0.39 is 0 Å². The van der Waals surface area contributed by atoms with E-state index in [1.807, 2.05) is 13.8 Å². The first-order valence-electron chi connectivity index (χ1n) is 20.2. The monoisotopic (exact) mass is 611 g/mol. The van der Waals surface area contributed by atoms with Gasteiger partial charge >= 0.3 is 0 Å². The lowest BCUT2D eigenvalue weighted by Gasteiger charge is -2.22. The van der Waals surface area contributed by atoms with E-state index in [0.29, 0.717) is 5.41 Å². The summed E-state index contributed by atoms with van der Waals surface area (Å²) >= 11 is 0. The Morgan fingerprint density at radius 3 is 0.814 bits per heavy atom. The summed E-state index contributed by atoms with van der Waals surface area (Å²) in [5, 5.41) is 0. The Morgan fingerprint density at radius 1 is 0.488 bits per heavy atom. The molecule has 0 amide bonds. The highest BCUT2D eigenvalue weighted by Crippen LogP contribution is 2.28. The Balaban J connectivity index is -0.000000206. The van der Waals surface area contributed by atoms with E-state index in [-0.39, 0.29) is 0 Å². The van der Waals surface area contributed by atoms with Gasteiger partial charge < -0.3 is 0 Å². The van der Waals surface area contributed by atoms with Gasteiger partial charge in [-0.05, 0) is 40.9 Å². The lowest BCUT2D eigenvalue weighted by molar-refractivity contribution is 0.307. The third-order valence-corrected chi connectivity index (χ3v) is 9.27. The standard InChI is InChI=1S/2C7H14.2C6H12.C6H14.C5H12.C4H10.C2H6/c1-7-5-3-2-4-6-7;1-2-7-5-3-4-6-7;1-6-4-2-3-5-6;1-2-6-4-3-5-6;1-5-6(2,3)4;1-4-5(2)3;1-4(2)3;1-2/h2*7H,2-6H2,1H3;2*6H,2-5H2,1H3;5H2,1-4H3;5H,4H2,1-3H3;4H,1-3H3;1-2H3. The second-order valence-corrected chi connectivity index (χ2v) is 16.3. The average Bonchev–Trinajstić information content (AvgIpc) is 3.65. The van der Waals surface area contributed by atoms with Crippen molar-refractivity contribution in [3.8, 4) is 0 Å². The van der Waals surface area contributed by atoms with Crippen LogP contribution in [0.15, 0.2) is 0 Å². The molecule has 4 saturated carbocycles. The van der Waals surface area contributed by atoms with Crippen LogP contribution in [-0.2, 0) is 0 Å². The molecule has 0 N–H and O–H groups in total. The Labute approximate surface area is 279 Å². The Hall–Kier alpha value is 0. The fourth-order valence-corrected chi connectivity index (χ4v) is 4.76. The van der Waals surface area contributed by atoms with Gasteiger partial charge in [0.25, 0.3) is 0 Å². The van der Waals surface area contributed by atoms with Crippen molar-refractivity contribution < 1.29 is 0 Å². The summed E-state index contributed by atoms with van der Waals surface area (Å²) in [6.45, 7) is 35.4. The van der Waals surface area contributed by atoms with Crippen LogP contribution in [-0.4, -0.2) is 0 Å². The van der Waals surface area contributed by atoms with Crippen LogP contribution in [0, 0.1) is 40.9 Å². The molecule has 4 aliphatic rings. The molecule has 4 aliphatic carbocycles. The van der Waals surface area contributed by atoms with Crippen LogP contribution < -0.4 is 0 Å². The normalized spacial score (nSPS) is 18.6. The molecule has 0 unspecified atom stereocenters. The van der Waals surface area contributed by atoms with Crippen molar-refractivity contribution in [3.05, 3.63) is 0 Å². The molecule has 0 heteroatoms. The van der Waals surface area contributed by atoms with E-state index in [9.17, 15) is 0 Å². The van der Waals surface area contributed by atoms with Gasteiger partial charge in [0.2, 0.25) is 0 Å². The summed E-state index contributed by atoms with van der Waals surface area (Å²) in [4.78, 5) is 0. The summed E-state index contributed by atoms with van der Waals surface area (Å²) in [6, 6.07) is 0. The summed E-state index contributed by atoms with van der Waals surface area (Å²) in [6.07, 6.45) is 29.3. The smallest absolute Gasteiger partial charge is 0.0385 e. The Bertz CT molecular complexity index is 439. The van der Waals surface area contributed by atoms with Crippen LogP contribution in [0.5, 0.6) is 0 Å². The second kappa shape index (κ2) is 36.5. The molecule has 0 spiro atoms. The Kier molecular flexibility index (Phi) is 42.3. The minimum absolute atomic E-state index is 0.542. The highest BCUT2D eigenvalue weighted by molar-refractivity contribution is 4.66. The van der Waals surface area contributed by atoms with Crippen molar-refractivity contribution in [1.82, 2.24) is 0 Å². The van der Waals surface area contributed by atoms with Gasteiger partial charge in [0.05, 0.1) is 0 Å². The topological polar surface area (TPSA) is 0 Å². The fraction of sp³-hybridized carbons (Fsp3) is 1.00. The summed E-state index contributed by atoms with van der Waals surface area (Å²) < 4.78 is 0. The van der Waals surface area contributed by atoms with Crippen molar-refractivity contribution in [2.24, 2.45) is 40.9 Å². The first-order valence-corrected chi connectivity index (χ1v) is 20.2. The maximum absolute atomic E-state index is 2.36. The van der Waals surface area contributed by atoms with Crippen molar-refractivity contribution >= 4 is 0 Å². The molecule has 0 bridgehead atoms. The van der Waals surface area contributed by atoms with E-state index in [2.05, 4.69) is 96.9 Å². The molecular weight excluding hydrogens is 516 g/mol. The molecule has 266 valence electrons. The zero-order chi connectivity index (χ0) is 34.1. The van der Waals surface area contributed by atoms with Gasteiger partial charge in [-0.15, -0.1) is 0 Å². The SMILES string of the molecule is CC.CC(C)C.CC1CCCC1.CC1CCCCC1.CCC(C)(C)C.CCC(C)C.CCC1CCC1.CCC1CCCC1. The van der Waals surface area contributed by atoms with Crippen LogP contribution in [0.4, 0.5) is 0 Å². The summed E-state index contributed by atoms with van der Waals surface area (Å²) in [5.41, 5.74) is 0.542. The molecule has 0 aromatic rings. The van der Waals surface area contributed by atoms with E-state index in [1.165, 1.54) is 128 Å². The second-order valence-electron chi connectivity index (χ2n) is 16.3. The van der Waals surface area contributed by atoms with Crippen LogP contribution in [0.3, 0.4) is 0 Å². The van der Waals surface area contributed by atoms with Gasteiger partial charge in [-0.2, -0.15) is 0 Å². The largest absolute Gasteiger partial charge is 0.0683 e. The molecular formula is C43H94. The highest BCUT2D eigenvalue weighted by atomic mass is 14.2. The molecule has 0 aromatic heterocycles. The van der Waals surface area contributed by atoms with Crippen molar-refractivity contribution in [3.63, 3.8) is 0 Å². The van der Waals surface area contributed by atoms with E-state index in [4.69, 9.17) is 0 Å². The molecule has 0 radical (unpaired) electrons.